The van der Waals surface area contributed by atoms with Crippen LogP contribution in [0.25, 0.3) is 0 Å². The van der Waals surface area contributed by atoms with E-state index in [1.165, 1.54) is 5.56 Å². The molecule has 0 radical (unpaired) electrons. The predicted octanol–water partition coefficient (Wildman–Crippen LogP) is 1.78. The first-order valence-corrected chi connectivity index (χ1v) is 10.5. The topological polar surface area (TPSA) is 64.7 Å². The number of carbonyl (C=O) groups excluding carboxylic acids is 2. The van der Waals surface area contributed by atoms with Gasteiger partial charge in [-0.25, -0.2) is 0 Å². The van der Waals surface area contributed by atoms with Gasteiger partial charge in [-0.05, 0) is 31.0 Å². The summed E-state index contributed by atoms with van der Waals surface area (Å²) in [7, 11) is 2.12. The lowest BCUT2D eigenvalue weighted by atomic mass is 10.0. The van der Waals surface area contributed by atoms with E-state index in [1.54, 1.807) is 11.3 Å². The third kappa shape index (κ3) is 5.64. The fourth-order valence-electron chi connectivity index (χ4n) is 3.31. The zero-order valence-electron chi connectivity index (χ0n) is 16.5. The van der Waals surface area contributed by atoms with Gasteiger partial charge in [0.2, 0.25) is 0 Å². The van der Waals surface area contributed by atoms with Gasteiger partial charge < -0.3 is 15.5 Å². The molecule has 2 heterocycles. The highest BCUT2D eigenvalue weighted by atomic mass is 32.1. The number of amides is 2. The van der Waals surface area contributed by atoms with Crippen LogP contribution in [-0.2, 0) is 16.1 Å². The number of rotatable bonds is 6. The van der Waals surface area contributed by atoms with Crippen LogP contribution in [0.5, 0.6) is 0 Å². The molecular formula is C21H28N4O2S. The standard InChI is InChI=1S/C21H28N4O2S/c1-16-5-7-17(8-6-16)19(25-11-9-24(2)10-12-25)15-23-21(27)20(26)22-14-18-4-3-13-28-18/h3-8,13,19H,9-12,14-15H2,1-2H3,(H,22,26)(H,23,27)/t19-/m0/s1. The first-order chi connectivity index (χ1) is 13.5. The summed E-state index contributed by atoms with van der Waals surface area (Å²) in [5.41, 5.74) is 2.37. The number of hydrogen-bond acceptors (Lipinski definition) is 5. The lowest BCUT2D eigenvalue weighted by molar-refractivity contribution is -0.139. The molecule has 1 saturated heterocycles. The van der Waals surface area contributed by atoms with Gasteiger partial charge in [-0.3, -0.25) is 14.5 Å². The van der Waals surface area contributed by atoms with Crippen molar-refractivity contribution >= 4 is 23.2 Å². The Morgan fingerprint density at radius 2 is 1.71 bits per heavy atom. The maximum atomic E-state index is 12.3. The van der Waals surface area contributed by atoms with E-state index < -0.39 is 11.8 Å². The number of carbonyl (C=O) groups is 2. The van der Waals surface area contributed by atoms with Crippen LogP contribution in [-0.4, -0.2) is 61.4 Å². The van der Waals surface area contributed by atoms with Crippen LogP contribution >= 0.6 is 11.3 Å². The highest BCUT2D eigenvalue weighted by Gasteiger charge is 2.25. The number of likely N-dealkylation sites (N-methyl/N-ethyl adjacent to an activating group) is 1. The fourth-order valence-corrected chi connectivity index (χ4v) is 3.96. The van der Waals surface area contributed by atoms with Crippen LogP contribution < -0.4 is 10.6 Å². The molecule has 150 valence electrons. The molecule has 7 heteroatoms. The van der Waals surface area contributed by atoms with Gasteiger partial charge in [0.1, 0.15) is 0 Å². The Hall–Kier alpha value is -2.22. The lowest BCUT2D eigenvalue weighted by Crippen LogP contribution is -2.49. The van der Waals surface area contributed by atoms with Crippen LogP contribution in [0.15, 0.2) is 41.8 Å². The molecule has 0 aliphatic carbocycles. The number of piperazine rings is 1. The third-order valence-corrected chi connectivity index (χ3v) is 5.98. The molecule has 1 aromatic carbocycles. The molecule has 2 amide bonds. The van der Waals surface area contributed by atoms with Gasteiger partial charge in [0, 0.05) is 37.6 Å². The average molecular weight is 401 g/mol. The molecule has 2 aromatic rings. The van der Waals surface area contributed by atoms with Gasteiger partial charge in [0.15, 0.2) is 0 Å². The van der Waals surface area contributed by atoms with E-state index in [-0.39, 0.29) is 6.04 Å². The molecule has 1 aromatic heterocycles. The Balaban J connectivity index is 1.59. The van der Waals surface area contributed by atoms with Gasteiger partial charge >= 0.3 is 11.8 Å². The van der Waals surface area contributed by atoms with Crippen molar-refractivity contribution < 1.29 is 9.59 Å². The molecule has 2 N–H and O–H groups in total. The molecule has 1 fully saturated rings. The van der Waals surface area contributed by atoms with Crippen molar-refractivity contribution in [3.05, 3.63) is 57.8 Å². The molecule has 6 nitrogen and oxygen atoms in total. The molecule has 3 rings (SSSR count). The number of benzene rings is 1. The highest BCUT2D eigenvalue weighted by Crippen LogP contribution is 2.22. The van der Waals surface area contributed by atoms with E-state index in [9.17, 15) is 9.59 Å². The third-order valence-electron chi connectivity index (χ3n) is 5.11. The number of aryl methyl sites for hydroxylation is 1. The minimum Gasteiger partial charge on any atom is -0.346 e. The number of hydrogen-bond donors (Lipinski definition) is 2. The maximum absolute atomic E-state index is 12.3. The molecule has 0 unspecified atom stereocenters. The minimum atomic E-state index is -0.588. The summed E-state index contributed by atoms with van der Waals surface area (Å²) < 4.78 is 0. The summed E-state index contributed by atoms with van der Waals surface area (Å²) in [5, 5.41) is 7.46. The molecule has 0 spiro atoms. The fraction of sp³-hybridized carbons (Fsp3) is 0.429. The van der Waals surface area contributed by atoms with Gasteiger partial charge in [0.25, 0.3) is 0 Å². The Bertz CT molecular complexity index is 768. The largest absolute Gasteiger partial charge is 0.346 e. The van der Waals surface area contributed by atoms with Crippen LogP contribution in [0.3, 0.4) is 0 Å². The first-order valence-electron chi connectivity index (χ1n) is 9.60. The van der Waals surface area contributed by atoms with Gasteiger partial charge in [0.05, 0.1) is 12.6 Å². The van der Waals surface area contributed by atoms with Gasteiger partial charge in [-0.15, -0.1) is 11.3 Å². The number of nitrogens with zero attached hydrogens (tertiary/aromatic N) is 2. The van der Waals surface area contributed by atoms with Crippen molar-refractivity contribution in [2.45, 2.75) is 19.5 Å². The Kier molecular flexibility index (Phi) is 7.19. The van der Waals surface area contributed by atoms with E-state index >= 15 is 0 Å². The van der Waals surface area contributed by atoms with E-state index in [2.05, 4.69) is 58.7 Å². The van der Waals surface area contributed by atoms with Crippen molar-refractivity contribution in [2.24, 2.45) is 0 Å². The zero-order chi connectivity index (χ0) is 19.9. The second-order valence-corrected chi connectivity index (χ2v) is 8.27. The van der Waals surface area contributed by atoms with E-state index in [0.717, 1.165) is 36.6 Å². The molecule has 0 saturated carbocycles. The van der Waals surface area contributed by atoms with Crippen molar-refractivity contribution in [1.29, 1.82) is 0 Å². The van der Waals surface area contributed by atoms with Crippen molar-refractivity contribution in [3.8, 4) is 0 Å². The van der Waals surface area contributed by atoms with Crippen LogP contribution in [0.2, 0.25) is 0 Å². The van der Waals surface area contributed by atoms with Crippen LogP contribution in [0, 0.1) is 6.92 Å². The summed E-state index contributed by atoms with van der Waals surface area (Å²) in [5.74, 6) is -1.17. The predicted molar refractivity (Wildman–Crippen MR) is 112 cm³/mol. The summed E-state index contributed by atoms with van der Waals surface area (Å²) >= 11 is 1.56. The van der Waals surface area contributed by atoms with Crippen molar-refractivity contribution in [1.82, 2.24) is 20.4 Å². The molecule has 0 bridgehead atoms. The normalized spacial score (nSPS) is 16.5. The van der Waals surface area contributed by atoms with Crippen LogP contribution in [0.4, 0.5) is 0 Å². The molecule has 1 aliphatic heterocycles. The summed E-state index contributed by atoms with van der Waals surface area (Å²) in [6, 6.07) is 12.3. The zero-order valence-corrected chi connectivity index (χ0v) is 17.3. The highest BCUT2D eigenvalue weighted by molar-refractivity contribution is 7.09. The van der Waals surface area contributed by atoms with Gasteiger partial charge in [-0.1, -0.05) is 35.9 Å². The number of thiophene rings is 1. The first kappa shape index (κ1) is 20.5. The van der Waals surface area contributed by atoms with E-state index in [1.807, 2.05) is 17.5 Å². The molecule has 1 aliphatic rings. The quantitative estimate of drug-likeness (QED) is 0.726. The summed E-state index contributed by atoms with van der Waals surface area (Å²) in [4.78, 5) is 30.1. The lowest BCUT2D eigenvalue weighted by Gasteiger charge is -2.38. The van der Waals surface area contributed by atoms with Gasteiger partial charge in [-0.2, -0.15) is 0 Å². The van der Waals surface area contributed by atoms with Crippen molar-refractivity contribution in [3.63, 3.8) is 0 Å². The molecule has 1 atom stereocenters. The second kappa shape index (κ2) is 9.82. The SMILES string of the molecule is Cc1ccc([C@H](CNC(=O)C(=O)NCc2cccs2)N2CCN(C)CC2)cc1. The average Bonchev–Trinajstić information content (AvgIpc) is 3.22. The monoisotopic (exact) mass is 400 g/mol. The summed E-state index contributed by atoms with van der Waals surface area (Å²) in [6.07, 6.45) is 0. The Labute approximate surface area is 170 Å². The van der Waals surface area contributed by atoms with E-state index in [0.29, 0.717) is 13.1 Å². The Morgan fingerprint density at radius 1 is 1.04 bits per heavy atom. The van der Waals surface area contributed by atoms with Crippen LogP contribution in [0.1, 0.15) is 22.0 Å². The van der Waals surface area contributed by atoms with E-state index in [4.69, 9.17) is 0 Å². The minimum absolute atomic E-state index is 0.0587. The number of nitrogens with one attached hydrogen (secondary N) is 2. The maximum Gasteiger partial charge on any atom is 0.309 e. The second-order valence-electron chi connectivity index (χ2n) is 7.24. The molecule has 28 heavy (non-hydrogen) atoms. The Morgan fingerprint density at radius 3 is 2.36 bits per heavy atom. The summed E-state index contributed by atoms with van der Waals surface area (Å²) in [6.45, 7) is 6.73. The van der Waals surface area contributed by atoms with Crippen molar-refractivity contribution in [2.75, 3.05) is 39.8 Å². The molecular weight excluding hydrogens is 372 g/mol. The smallest absolute Gasteiger partial charge is 0.309 e.